The summed E-state index contributed by atoms with van der Waals surface area (Å²) in [6.07, 6.45) is 0.915. The molecule has 5 nitrogen and oxygen atoms in total. The Bertz CT molecular complexity index is 923. The molecular weight excluding hydrogens is 336 g/mol. The molecule has 142 valence electrons. The highest BCUT2D eigenvalue weighted by Crippen LogP contribution is 2.21. The fourth-order valence-corrected chi connectivity index (χ4v) is 3.26. The molecule has 0 atom stereocenters. The fourth-order valence-electron chi connectivity index (χ4n) is 3.26. The van der Waals surface area contributed by atoms with Gasteiger partial charge in [-0.3, -0.25) is 4.79 Å². The smallest absolute Gasteiger partial charge is 0.255 e. The van der Waals surface area contributed by atoms with Crippen molar-refractivity contribution in [3.63, 3.8) is 0 Å². The molecule has 3 aromatic rings. The molecule has 0 aliphatic heterocycles. The van der Waals surface area contributed by atoms with Crippen LogP contribution in [0.5, 0.6) is 0 Å². The monoisotopic (exact) mass is 364 g/mol. The van der Waals surface area contributed by atoms with Crippen LogP contribution in [0.3, 0.4) is 0 Å². The molecule has 0 radical (unpaired) electrons. The summed E-state index contributed by atoms with van der Waals surface area (Å²) in [5.74, 6) is 0.964. The minimum absolute atomic E-state index is 0.105. The van der Waals surface area contributed by atoms with Crippen LogP contribution in [0.25, 0.3) is 11.0 Å². The molecule has 1 heterocycles. The number of carbonyl (C=O) groups is 1. The molecule has 0 fully saturated rings. The van der Waals surface area contributed by atoms with Crippen LogP contribution in [-0.4, -0.2) is 40.0 Å². The first-order valence-electron chi connectivity index (χ1n) is 9.57. The predicted octanol–water partition coefficient (Wildman–Crippen LogP) is 4.02. The zero-order valence-corrected chi connectivity index (χ0v) is 16.6. The SMILES string of the molecule is CCN(CC)CCc1nc2cc(NC(=O)c3ccc(C)cc3)ccc2n1C. The number of benzene rings is 2. The van der Waals surface area contributed by atoms with Gasteiger partial charge in [0, 0.05) is 31.3 Å². The highest BCUT2D eigenvalue weighted by atomic mass is 16.1. The molecule has 1 N–H and O–H groups in total. The summed E-state index contributed by atoms with van der Waals surface area (Å²) < 4.78 is 2.14. The first-order chi connectivity index (χ1) is 13.0. The number of nitrogens with zero attached hydrogens (tertiary/aromatic N) is 3. The van der Waals surface area contributed by atoms with E-state index in [0.29, 0.717) is 5.56 Å². The van der Waals surface area contributed by atoms with Crippen molar-refractivity contribution >= 4 is 22.6 Å². The third kappa shape index (κ3) is 4.37. The Morgan fingerprint density at radius 2 is 1.81 bits per heavy atom. The molecule has 0 unspecified atom stereocenters. The molecule has 0 bridgehead atoms. The van der Waals surface area contributed by atoms with Crippen molar-refractivity contribution in [1.29, 1.82) is 0 Å². The van der Waals surface area contributed by atoms with E-state index >= 15 is 0 Å². The second kappa shape index (κ2) is 8.35. The predicted molar refractivity (Wildman–Crippen MR) is 111 cm³/mol. The highest BCUT2D eigenvalue weighted by molar-refractivity contribution is 6.05. The number of likely N-dealkylation sites (N-methyl/N-ethyl adjacent to an activating group) is 1. The summed E-state index contributed by atoms with van der Waals surface area (Å²) in [6.45, 7) is 9.48. The minimum atomic E-state index is -0.105. The minimum Gasteiger partial charge on any atom is -0.331 e. The van der Waals surface area contributed by atoms with Gasteiger partial charge in [0.15, 0.2) is 0 Å². The Balaban J connectivity index is 1.76. The normalized spacial score (nSPS) is 11.3. The lowest BCUT2D eigenvalue weighted by molar-refractivity contribution is 0.102. The number of fused-ring (bicyclic) bond motifs is 1. The number of aromatic nitrogens is 2. The van der Waals surface area contributed by atoms with Crippen LogP contribution < -0.4 is 5.32 Å². The Morgan fingerprint density at radius 1 is 1.11 bits per heavy atom. The number of nitrogens with one attached hydrogen (secondary N) is 1. The molecule has 0 aliphatic carbocycles. The summed E-state index contributed by atoms with van der Waals surface area (Å²) in [6, 6.07) is 13.5. The molecule has 2 aromatic carbocycles. The van der Waals surface area contributed by atoms with Crippen molar-refractivity contribution in [2.24, 2.45) is 7.05 Å². The summed E-state index contributed by atoms with van der Waals surface area (Å²) in [5, 5.41) is 2.97. The van der Waals surface area contributed by atoms with Crippen LogP contribution in [0.4, 0.5) is 5.69 Å². The zero-order chi connectivity index (χ0) is 19.4. The Morgan fingerprint density at radius 3 is 2.48 bits per heavy atom. The van der Waals surface area contributed by atoms with Crippen molar-refractivity contribution in [3.8, 4) is 0 Å². The van der Waals surface area contributed by atoms with Crippen LogP contribution in [0.15, 0.2) is 42.5 Å². The van der Waals surface area contributed by atoms with Crippen LogP contribution in [0.2, 0.25) is 0 Å². The number of aryl methyl sites for hydroxylation is 2. The van der Waals surface area contributed by atoms with Gasteiger partial charge in [-0.25, -0.2) is 4.98 Å². The number of hydrogen-bond acceptors (Lipinski definition) is 3. The van der Waals surface area contributed by atoms with Gasteiger partial charge in [0.2, 0.25) is 0 Å². The number of rotatable bonds is 7. The van der Waals surface area contributed by atoms with Crippen LogP contribution >= 0.6 is 0 Å². The number of imidazole rings is 1. The van der Waals surface area contributed by atoms with E-state index in [2.05, 4.69) is 35.7 Å². The first-order valence-corrected chi connectivity index (χ1v) is 9.57. The maximum absolute atomic E-state index is 12.4. The van der Waals surface area contributed by atoms with Crippen LogP contribution in [0, 0.1) is 6.92 Å². The van der Waals surface area contributed by atoms with Crippen molar-refractivity contribution < 1.29 is 4.79 Å². The van der Waals surface area contributed by atoms with Crippen LogP contribution in [-0.2, 0) is 13.5 Å². The molecule has 5 heteroatoms. The maximum atomic E-state index is 12.4. The van der Waals surface area contributed by atoms with Crippen molar-refractivity contribution in [2.45, 2.75) is 27.2 Å². The Hall–Kier alpha value is -2.66. The number of carbonyl (C=O) groups excluding carboxylic acids is 1. The molecule has 27 heavy (non-hydrogen) atoms. The Kier molecular flexibility index (Phi) is 5.91. The summed E-state index contributed by atoms with van der Waals surface area (Å²) >= 11 is 0. The van der Waals surface area contributed by atoms with E-state index in [0.717, 1.165) is 54.2 Å². The third-order valence-corrected chi connectivity index (χ3v) is 5.09. The van der Waals surface area contributed by atoms with E-state index in [1.807, 2.05) is 49.4 Å². The average Bonchev–Trinajstić information content (AvgIpc) is 2.98. The van der Waals surface area contributed by atoms with Gasteiger partial charge in [-0.2, -0.15) is 0 Å². The molecule has 0 saturated carbocycles. The molecule has 3 rings (SSSR count). The highest BCUT2D eigenvalue weighted by Gasteiger charge is 2.11. The van der Waals surface area contributed by atoms with Gasteiger partial charge in [0.1, 0.15) is 5.82 Å². The molecular formula is C22H28N4O. The number of anilines is 1. The lowest BCUT2D eigenvalue weighted by Gasteiger charge is -2.17. The summed E-state index contributed by atoms with van der Waals surface area (Å²) in [7, 11) is 2.05. The van der Waals surface area contributed by atoms with E-state index in [1.54, 1.807) is 0 Å². The lowest BCUT2D eigenvalue weighted by Crippen LogP contribution is -2.26. The van der Waals surface area contributed by atoms with Gasteiger partial charge in [-0.1, -0.05) is 31.5 Å². The molecule has 1 amide bonds. The Labute approximate surface area is 161 Å². The van der Waals surface area contributed by atoms with E-state index in [-0.39, 0.29) is 5.91 Å². The largest absolute Gasteiger partial charge is 0.331 e. The molecule has 1 aromatic heterocycles. The van der Waals surface area contributed by atoms with E-state index in [1.165, 1.54) is 0 Å². The van der Waals surface area contributed by atoms with E-state index in [4.69, 9.17) is 4.98 Å². The summed E-state index contributed by atoms with van der Waals surface area (Å²) in [5.41, 5.74) is 4.55. The van der Waals surface area contributed by atoms with Crippen molar-refractivity contribution in [3.05, 3.63) is 59.4 Å². The third-order valence-electron chi connectivity index (χ3n) is 5.09. The molecule has 0 saturated heterocycles. The van der Waals surface area contributed by atoms with Gasteiger partial charge in [-0.15, -0.1) is 0 Å². The number of amides is 1. The fraction of sp³-hybridized carbons (Fsp3) is 0.364. The van der Waals surface area contributed by atoms with Crippen LogP contribution in [0.1, 0.15) is 35.6 Å². The second-order valence-electron chi connectivity index (χ2n) is 6.89. The van der Waals surface area contributed by atoms with Gasteiger partial charge >= 0.3 is 0 Å². The lowest BCUT2D eigenvalue weighted by atomic mass is 10.1. The standard InChI is InChI=1S/C22H28N4O/c1-5-26(6-2)14-13-21-24-19-15-18(11-12-20(19)25(21)4)23-22(27)17-9-7-16(3)8-10-17/h7-12,15H,5-6,13-14H2,1-4H3,(H,23,27). The van der Waals surface area contributed by atoms with E-state index < -0.39 is 0 Å². The summed E-state index contributed by atoms with van der Waals surface area (Å²) in [4.78, 5) is 19.6. The maximum Gasteiger partial charge on any atom is 0.255 e. The van der Waals surface area contributed by atoms with Gasteiger partial charge < -0.3 is 14.8 Å². The van der Waals surface area contributed by atoms with Crippen molar-refractivity contribution in [2.75, 3.05) is 25.0 Å². The van der Waals surface area contributed by atoms with Gasteiger partial charge in [0.05, 0.1) is 11.0 Å². The van der Waals surface area contributed by atoms with Gasteiger partial charge in [0.25, 0.3) is 5.91 Å². The van der Waals surface area contributed by atoms with Crippen molar-refractivity contribution in [1.82, 2.24) is 14.5 Å². The van der Waals surface area contributed by atoms with E-state index in [9.17, 15) is 4.79 Å². The quantitative estimate of drug-likeness (QED) is 0.689. The first kappa shape index (κ1) is 19.1. The molecule has 0 aliphatic rings. The zero-order valence-electron chi connectivity index (χ0n) is 16.6. The average molecular weight is 364 g/mol. The topological polar surface area (TPSA) is 50.2 Å². The van der Waals surface area contributed by atoms with Gasteiger partial charge in [-0.05, 0) is 50.3 Å². The molecule has 0 spiro atoms. The number of hydrogen-bond donors (Lipinski definition) is 1. The second-order valence-corrected chi connectivity index (χ2v) is 6.89.